The molecule has 0 saturated heterocycles. The number of methoxy groups -OCH3 is 1. The van der Waals surface area contributed by atoms with Crippen LogP contribution in [0.4, 0.5) is 5.69 Å². The minimum atomic E-state index is 0.384. The maximum atomic E-state index is 5.89. The molecule has 0 atom stereocenters. The number of aromatic nitrogens is 4. The number of para-hydroxylation sites is 1. The highest BCUT2D eigenvalue weighted by molar-refractivity contribution is 5.49. The predicted octanol–water partition coefficient (Wildman–Crippen LogP) is 1.71. The van der Waals surface area contributed by atoms with Crippen molar-refractivity contribution in [2.45, 2.75) is 6.42 Å². The second-order valence-corrected chi connectivity index (χ2v) is 4.35. The summed E-state index contributed by atoms with van der Waals surface area (Å²) >= 11 is 0. The van der Waals surface area contributed by atoms with E-state index in [0.717, 1.165) is 5.56 Å². The van der Waals surface area contributed by atoms with Crippen molar-refractivity contribution < 1.29 is 9.26 Å². The molecule has 0 unspecified atom stereocenters. The minimum absolute atomic E-state index is 0.384. The first-order valence-electron chi connectivity index (χ1n) is 6.30. The van der Waals surface area contributed by atoms with Crippen molar-refractivity contribution >= 4 is 5.69 Å². The lowest BCUT2D eigenvalue weighted by molar-refractivity contribution is 0.385. The molecule has 0 radical (unpaired) electrons. The summed E-state index contributed by atoms with van der Waals surface area (Å²) in [6.45, 7) is 0. The maximum absolute atomic E-state index is 5.89. The van der Waals surface area contributed by atoms with Crippen molar-refractivity contribution in [2.24, 2.45) is 0 Å². The molecule has 2 aromatic heterocycles. The number of ether oxygens (including phenoxy) is 1. The molecule has 0 aliphatic heterocycles. The number of benzene rings is 1. The molecule has 0 amide bonds. The number of rotatable bonds is 4. The molecule has 1 aromatic carbocycles. The van der Waals surface area contributed by atoms with Crippen LogP contribution in [0, 0.1) is 0 Å². The zero-order valence-electron chi connectivity index (χ0n) is 11.4. The lowest BCUT2D eigenvalue weighted by Gasteiger charge is -2.00. The summed E-state index contributed by atoms with van der Waals surface area (Å²) in [5.41, 5.74) is 8.05. The zero-order valence-corrected chi connectivity index (χ0v) is 11.4. The zero-order chi connectivity index (χ0) is 14.7. The third-order valence-electron chi connectivity index (χ3n) is 2.94. The summed E-state index contributed by atoms with van der Waals surface area (Å²) in [5, 5.41) is 11.7. The molecule has 2 N–H and O–H groups in total. The van der Waals surface area contributed by atoms with Crippen LogP contribution in [0.3, 0.4) is 0 Å². The van der Waals surface area contributed by atoms with Crippen molar-refractivity contribution in [1.29, 1.82) is 0 Å². The molecule has 3 aromatic rings. The van der Waals surface area contributed by atoms with Crippen LogP contribution in [-0.4, -0.2) is 27.4 Å². The average molecular weight is 283 g/mol. The molecule has 21 heavy (non-hydrogen) atoms. The number of anilines is 1. The smallest absolute Gasteiger partial charge is 0.233 e. The Hall–Kier alpha value is -2.96. The van der Waals surface area contributed by atoms with E-state index in [4.69, 9.17) is 15.0 Å². The largest absolute Gasteiger partial charge is 0.480 e. The van der Waals surface area contributed by atoms with Crippen molar-refractivity contribution in [3.8, 4) is 17.4 Å². The predicted molar refractivity (Wildman–Crippen MR) is 75.5 cm³/mol. The fourth-order valence-electron chi connectivity index (χ4n) is 1.84. The van der Waals surface area contributed by atoms with Gasteiger partial charge in [0.2, 0.25) is 17.6 Å². The van der Waals surface area contributed by atoms with Crippen molar-refractivity contribution in [1.82, 2.24) is 20.3 Å². The van der Waals surface area contributed by atoms with Crippen molar-refractivity contribution in [3.63, 3.8) is 0 Å². The molecule has 0 bridgehead atoms. The monoisotopic (exact) mass is 283 g/mol. The molecule has 7 nitrogen and oxygen atoms in total. The lowest BCUT2D eigenvalue weighted by atomic mass is 10.1. The third kappa shape index (κ3) is 2.81. The number of hydrogen-bond donors (Lipinski definition) is 1. The Morgan fingerprint density at radius 1 is 1.14 bits per heavy atom. The van der Waals surface area contributed by atoms with Gasteiger partial charge in [0, 0.05) is 11.8 Å². The van der Waals surface area contributed by atoms with Crippen LogP contribution in [0.2, 0.25) is 0 Å². The maximum Gasteiger partial charge on any atom is 0.233 e. The van der Waals surface area contributed by atoms with Gasteiger partial charge in [-0.05, 0) is 17.7 Å². The van der Waals surface area contributed by atoms with E-state index in [9.17, 15) is 0 Å². The fraction of sp³-hybridized carbons (Fsp3) is 0.143. The number of nitrogens with zero attached hydrogens (tertiary/aromatic N) is 4. The summed E-state index contributed by atoms with van der Waals surface area (Å²) < 4.78 is 10.2. The Kier molecular flexibility index (Phi) is 3.46. The van der Waals surface area contributed by atoms with Crippen LogP contribution < -0.4 is 10.5 Å². The van der Waals surface area contributed by atoms with Gasteiger partial charge >= 0.3 is 0 Å². The van der Waals surface area contributed by atoms with E-state index < -0.39 is 0 Å². The van der Waals surface area contributed by atoms with Gasteiger partial charge in [-0.1, -0.05) is 23.4 Å². The first-order chi connectivity index (χ1) is 10.3. The van der Waals surface area contributed by atoms with Crippen molar-refractivity contribution in [2.75, 3.05) is 12.8 Å². The summed E-state index contributed by atoms with van der Waals surface area (Å²) in [7, 11) is 1.53. The number of nitrogen functional groups attached to an aromatic ring is 1. The van der Waals surface area contributed by atoms with Crippen LogP contribution in [-0.2, 0) is 6.42 Å². The summed E-state index contributed by atoms with van der Waals surface area (Å²) in [6, 6.07) is 11.0. The molecular formula is C14H13N5O2. The summed E-state index contributed by atoms with van der Waals surface area (Å²) in [6.07, 6.45) is 0.475. The van der Waals surface area contributed by atoms with Gasteiger partial charge in [0.15, 0.2) is 0 Å². The molecule has 0 fully saturated rings. The number of hydrogen-bond acceptors (Lipinski definition) is 7. The average Bonchev–Trinajstić information content (AvgIpc) is 2.98. The van der Waals surface area contributed by atoms with E-state index in [1.807, 2.05) is 24.3 Å². The summed E-state index contributed by atoms with van der Waals surface area (Å²) in [5.74, 6) is 1.29. The number of nitrogens with two attached hydrogens (primary N) is 1. The Morgan fingerprint density at radius 2 is 2.00 bits per heavy atom. The third-order valence-corrected chi connectivity index (χ3v) is 2.94. The van der Waals surface area contributed by atoms with Gasteiger partial charge in [-0.15, -0.1) is 10.2 Å². The Bertz CT molecular complexity index is 739. The van der Waals surface area contributed by atoms with E-state index in [-0.39, 0.29) is 0 Å². The second-order valence-electron chi connectivity index (χ2n) is 4.35. The molecular weight excluding hydrogens is 270 g/mol. The highest BCUT2D eigenvalue weighted by atomic mass is 16.5. The van der Waals surface area contributed by atoms with E-state index in [0.29, 0.717) is 35.4 Å². The van der Waals surface area contributed by atoms with Gasteiger partial charge in [-0.25, -0.2) is 0 Å². The Labute approximate surface area is 120 Å². The first-order valence-corrected chi connectivity index (χ1v) is 6.30. The SMILES string of the molecule is COc1ccc(-c2noc(Cc3ccccc3N)n2)nn1. The first kappa shape index (κ1) is 13.0. The standard InChI is InChI=1S/C14H13N5O2/c1-20-12-7-6-11(17-18-12)14-16-13(21-19-14)8-9-4-2-3-5-10(9)15/h2-7H,8,15H2,1H3. The van der Waals surface area contributed by atoms with Crippen LogP contribution in [0.15, 0.2) is 40.9 Å². The lowest BCUT2D eigenvalue weighted by Crippen LogP contribution is -1.96. The summed E-state index contributed by atoms with van der Waals surface area (Å²) in [4.78, 5) is 4.30. The van der Waals surface area contributed by atoms with Crippen LogP contribution in [0.1, 0.15) is 11.5 Å². The topological polar surface area (TPSA) is 100.0 Å². The van der Waals surface area contributed by atoms with Gasteiger partial charge in [-0.2, -0.15) is 4.98 Å². The molecule has 2 heterocycles. The van der Waals surface area contributed by atoms with Crippen LogP contribution in [0.25, 0.3) is 11.5 Å². The second kappa shape index (κ2) is 5.58. The molecule has 0 saturated carbocycles. The molecule has 0 aliphatic carbocycles. The van der Waals surface area contributed by atoms with Gasteiger partial charge in [0.25, 0.3) is 0 Å². The molecule has 7 heteroatoms. The fourth-order valence-corrected chi connectivity index (χ4v) is 1.84. The van der Waals surface area contributed by atoms with E-state index in [1.54, 1.807) is 12.1 Å². The molecule has 106 valence electrons. The van der Waals surface area contributed by atoms with Crippen LogP contribution >= 0.6 is 0 Å². The molecule has 0 spiro atoms. The van der Waals surface area contributed by atoms with Gasteiger partial charge in [-0.3, -0.25) is 0 Å². The Balaban J connectivity index is 1.81. The highest BCUT2D eigenvalue weighted by Crippen LogP contribution is 2.18. The van der Waals surface area contributed by atoms with Gasteiger partial charge in [0.1, 0.15) is 5.69 Å². The highest BCUT2D eigenvalue weighted by Gasteiger charge is 2.12. The molecule has 3 rings (SSSR count). The van der Waals surface area contributed by atoms with E-state index in [2.05, 4.69) is 20.3 Å². The quantitative estimate of drug-likeness (QED) is 0.727. The van der Waals surface area contributed by atoms with Gasteiger partial charge in [0.05, 0.1) is 13.5 Å². The van der Waals surface area contributed by atoms with Gasteiger partial charge < -0.3 is 15.0 Å². The van der Waals surface area contributed by atoms with Crippen LogP contribution in [0.5, 0.6) is 5.88 Å². The van der Waals surface area contributed by atoms with E-state index >= 15 is 0 Å². The minimum Gasteiger partial charge on any atom is -0.480 e. The normalized spacial score (nSPS) is 10.5. The van der Waals surface area contributed by atoms with Crippen molar-refractivity contribution in [3.05, 3.63) is 47.9 Å². The molecule has 0 aliphatic rings. The van der Waals surface area contributed by atoms with E-state index in [1.165, 1.54) is 7.11 Å². The Morgan fingerprint density at radius 3 is 2.71 bits per heavy atom.